The Morgan fingerprint density at radius 1 is 1.38 bits per heavy atom. The fourth-order valence-electron chi connectivity index (χ4n) is 2.31. The van der Waals surface area contributed by atoms with E-state index < -0.39 is 11.6 Å². The van der Waals surface area contributed by atoms with Crippen molar-refractivity contribution in [2.24, 2.45) is 0 Å². The van der Waals surface area contributed by atoms with Crippen molar-refractivity contribution < 1.29 is 19.1 Å². The number of carbonyl (C=O) groups excluding carboxylic acids is 2. The summed E-state index contributed by atoms with van der Waals surface area (Å²) in [7, 11) is 1.29. The zero-order chi connectivity index (χ0) is 15.9. The quantitative estimate of drug-likeness (QED) is 0.788. The van der Waals surface area contributed by atoms with Gasteiger partial charge >= 0.3 is 5.97 Å². The van der Waals surface area contributed by atoms with Crippen molar-refractivity contribution >= 4 is 29.2 Å². The Balaban J connectivity index is 2.67. The lowest BCUT2D eigenvalue weighted by atomic mass is 10.0. The molecule has 0 spiro atoms. The van der Waals surface area contributed by atoms with Crippen LogP contribution in [0.2, 0.25) is 5.02 Å². The monoisotopic (exact) mass is 311 g/mol. The highest BCUT2D eigenvalue weighted by molar-refractivity contribution is 6.33. The van der Waals surface area contributed by atoms with Gasteiger partial charge in [-0.05, 0) is 39.8 Å². The lowest BCUT2D eigenvalue weighted by molar-refractivity contribution is -0.133. The van der Waals surface area contributed by atoms with Crippen LogP contribution in [0.15, 0.2) is 12.1 Å². The molecule has 0 fully saturated rings. The third-order valence-corrected chi connectivity index (χ3v) is 3.59. The first-order valence-electron chi connectivity index (χ1n) is 6.63. The maximum atomic E-state index is 12.6. The summed E-state index contributed by atoms with van der Waals surface area (Å²) in [4.78, 5) is 25.9. The van der Waals surface area contributed by atoms with Crippen molar-refractivity contribution in [3.05, 3.63) is 22.7 Å². The van der Waals surface area contributed by atoms with E-state index in [2.05, 4.69) is 0 Å². The predicted molar refractivity (Wildman–Crippen MR) is 80.1 cm³/mol. The average molecular weight is 312 g/mol. The fourth-order valence-corrected chi connectivity index (χ4v) is 2.56. The second-order valence-electron chi connectivity index (χ2n) is 5.68. The van der Waals surface area contributed by atoms with Crippen LogP contribution in [0.5, 0.6) is 5.75 Å². The third kappa shape index (κ3) is 2.58. The molecule has 5 nitrogen and oxygen atoms in total. The summed E-state index contributed by atoms with van der Waals surface area (Å²) in [6.07, 6.45) is 0. The number of methoxy groups -OCH3 is 1. The standard InChI is InChI=1S/C15H18ClNO4/c1-8(2)17-11-7-9(13(18)20-5)6-10(16)12(11)21-15(3,4)14(17)19/h6-8H,1-5H3. The van der Waals surface area contributed by atoms with Gasteiger partial charge in [-0.25, -0.2) is 4.79 Å². The van der Waals surface area contributed by atoms with Crippen LogP contribution in [0.25, 0.3) is 0 Å². The van der Waals surface area contributed by atoms with Crippen LogP contribution in [0, 0.1) is 0 Å². The minimum absolute atomic E-state index is 0.0941. The fraction of sp³-hybridized carbons (Fsp3) is 0.467. The van der Waals surface area contributed by atoms with E-state index in [-0.39, 0.29) is 22.5 Å². The summed E-state index contributed by atoms with van der Waals surface area (Å²) in [5.41, 5.74) is -0.238. The number of fused-ring (bicyclic) bond motifs is 1. The van der Waals surface area contributed by atoms with Crippen LogP contribution in [0.1, 0.15) is 38.1 Å². The van der Waals surface area contributed by atoms with E-state index in [9.17, 15) is 9.59 Å². The average Bonchev–Trinajstić information content (AvgIpc) is 2.39. The lowest BCUT2D eigenvalue weighted by Gasteiger charge is -2.41. The number of esters is 1. The first kappa shape index (κ1) is 15.6. The first-order valence-corrected chi connectivity index (χ1v) is 7.01. The molecule has 0 saturated heterocycles. The molecule has 0 bridgehead atoms. The van der Waals surface area contributed by atoms with E-state index in [1.165, 1.54) is 13.2 Å². The predicted octanol–water partition coefficient (Wildman–Crippen LogP) is 3.04. The number of rotatable bonds is 2. The Morgan fingerprint density at radius 3 is 2.52 bits per heavy atom. The Labute approximate surface area is 128 Å². The maximum Gasteiger partial charge on any atom is 0.337 e. The summed E-state index contributed by atoms with van der Waals surface area (Å²) >= 11 is 6.22. The minimum Gasteiger partial charge on any atom is -0.474 e. The Morgan fingerprint density at radius 2 is 2.00 bits per heavy atom. The SMILES string of the molecule is COC(=O)c1cc(Cl)c2c(c1)N(C(C)C)C(=O)C(C)(C)O2. The second kappa shape index (κ2) is 5.22. The third-order valence-electron chi connectivity index (χ3n) is 3.31. The van der Waals surface area contributed by atoms with Crippen LogP contribution in [0.3, 0.4) is 0 Å². The molecule has 2 rings (SSSR count). The molecule has 0 radical (unpaired) electrons. The molecule has 1 aromatic rings. The van der Waals surface area contributed by atoms with Gasteiger partial charge in [0.1, 0.15) is 0 Å². The lowest BCUT2D eigenvalue weighted by Crippen LogP contribution is -2.54. The van der Waals surface area contributed by atoms with Crippen molar-refractivity contribution in [1.29, 1.82) is 0 Å². The Kier molecular flexibility index (Phi) is 3.89. The molecule has 114 valence electrons. The number of anilines is 1. The van der Waals surface area contributed by atoms with Crippen LogP contribution in [-0.2, 0) is 9.53 Å². The van der Waals surface area contributed by atoms with Crippen LogP contribution in [-0.4, -0.2) is 30.6 Å². The summed E-state index contributed by atoms with van der Waals surface area (Å²) in [5, 5.41) is 0.277. The van der Waals surface area contributed by atoms with Crippen LogP contribution in [0.4, 0.5) is 5.69 Å². The first-order chi connectivity index (χ1) is 9.69. The van der Waals surface area contributed by atoms with Crippen LogP contribution < -0.4 is 9.64 Å². The van der Waals surface area contributed by atoms with E-state index in [1.807, 2.05) is 13.8 Å². The maximum absolute atomic E-state index is 12.6. The van der Waals surface area contributed by atoms with Crippen LogP contribution >= 0.6 is 11.6 Å². The molecule has 1 aliphatic heterocycles. The number of nitrogens with zero attached hydrogens (tertiary/aromatic N) is 1. The van der Waals surface area contributed by atoms with Gasteiger partial charge in [-0.2, -0.15) is 0 Å². The zero-order valence-corrected chi connectivity index (χ0v) is 13.4. The zero-order valence-electron chi connectivity index (χ0n) is 12.7. The molecule has 1 heterocycles. The number of halogens is 1. The molecular weight excluding hydrogens is 294 g/mol. The second-order valence-corrected chi connectivity index (χ2v) is 6.09. The number of ether oxygens (including phenoxy) is 2. The van der Waals surface area contributed by atoms with Gasteiger partial charge in [0.25, 0.3) is 5.91 Å². The van der Waals surface area contributed by atoms with Crippen molar-refractivity contribution in [3.8, 4) is 5.75 Å². The highest BCUT2D eigenvalue weighted by atomic mass is 35.5. The molecule has 6 heteroatoms. The molecule has 0 unspecified atom stereocenters. The van der Waals surface area contributed by atoms with Gasteiger partial charge in [0, 0.05) is 6.04 Å². The summed E-state index contributed by atoms with van der Waals surface area (Å²) < 4.78 is 10.4. The van der Waals surface area contributed by atoms with Gasteiger partial charge in [-0.3, -0.25) is 4.79 Å². The molecule has 0 saturated carbocycles. The number of carbonyl (C=O) groups is 2. The van der Waals surface area contributed by atoms with Gasteiger partial charge < -0.3 is 14.4 Å². The Hall–Kier alpha value is -1.75. The van der Waals surface area contributed by atoms with Gasteiger partial charge in [0.05, 0.1) is 23.4 Å². The molecule has 0 aromatic heterocycles. The highest BCUT2D eigenvalue weighted by Gasteiger charge is 2.43. The van der Waals surface area contributed by atoms with Crippen molar-refractivity contribution in [2.75, 3.05) is 12.0 Å². The highest BCUT2D eigenvalue weighted by Crippen LogP contribution is 2.44. The number of hydrogen-bond donors (Lipinski definition) is 0. The van der Waals surface area contributed by atoms with Gasteiger partial charge in [-0.15, -0.1) is 0 Å². The van der Waals surface area contributed by atoms with Crippen molar-refractivity contribution in [3.63, 3.8) is 0 Å². The smallest absolute Gasteiger partial charge is 0.337 e. The van der Waals surface area contributed by atoms with Gasteiger partial charge in [0.2, 0.25) is 0 Å². The van der Waals surface area contributed by atoms with E-state index >= 15 is 0 Å². The summed E-state index contributed by atoms with van der Waals surface area (Å²) in [6.45, 7) is 7.17. The molecule has 1 aromatic carbocycles. The molecule has 1 aliphatic rings. The van der Waals surface area contributed by atoms with Crippen molar-refractivity contribution in [1.82, 2.24) is 0 Å². The number of amides is 1. The summed E-state index contributed by atoms with van der Waals surface area (Å²) in [5.74, 6) is -0.286. The normalized spacial score (nSPS) is 16.5. The molecule has 21 heavy (non-hydrogen) atoms. The molecule has 0 N–H and O–H groups in total. The largest absolute Gasteiger partial charge is 0.474 e. The van der Waals surface area contributed by atoms with E-state index in [0.717, 1.165) is 0 Å². The van der Waals surface area contributed by atoms with E-state index in [4.69, 9.17) is 21.1 Å². The molecule has 0 atom stereocenters. The van der Waals surface area contributed by atoms with Gasteiger partial charge in [0.15, 0.2) is 11.4 Å². The molecule has 0 aliphatic carbocycles. The summed E-state index contributed by atoms with van der Waals surface area (Å²) in [6, 6.07) is 2.96. The number of benzene rings is 1. The molecule has 1 amide bonds. The van der Waals surface area contributed by atoms with Gasteiger partial charge in [-0.1, -0.05) is 11.6 Å². The van der Waals surface area contributed by atoms with E-state index in [1.54, 1.807) is 24.8 Å². The molecular formula is C15H18ClNO4. The Bertz CT molecular complexity index is 610. The number of hydrogen-bond acceptors (Lipinski definition) is 4. The van der Waals surface area contributed by atoms with Crippen molar-refractivity contribution in [2.45, 2.75) is 39.3 Å². The minimum atomic E-state index is -1.01. The topological polar surface area (TPSA) is 55.8 Å². The van der Waals surface area contributed by atoms with E-state index in [0.29, 0.717) is 11.4 Å².